The standard InChI is InChI=1S/C16H14BrN3O3S/c1-10(16-9-11-8-12(17)2-7-15(11)23-16)19-20-13-3-5-14(6-4-13)24(18,21)22/h2-9,20H,1H3,(H2,18,21,22)/b19-10+. The van der Waals surface area contributed by atoms with E-state index in [4.69, 9.17) is 9.56 Å². The molecule has 3 aromatic rings. The number of benzene rings is 2. The summed E-state index contributed by atoms with van der Waals surface area (Å²) in [6.07, 6.45) is 0. The first kappa shape index (κ1) is 16.7. The molecule has 0 atom stereocenters. The van der Waals surface area contributed by atoms with E-state index in [-0.39, 0.29) is 4.90 Å². The summed E-state index contributed by atoms with van der Waals surface area (Å²) in [7, 11) is -3.69. The molecule has 0 radical (unpaired) electrons. The summed E-state index contributed by atoms with van der Waals surface area (Å²) in [6, 6.07) is 13.7. The van der Waals surface area contributed by atoms with Crippen LogP contribution in [0.4, 0.5) is 5.69 Å². The van der Waals surface area contributed by atoms with Gasteiger partial charge in [0.2, 0.25) is 10.0 Å². The third kappa shape index (κ3) is 3.66. The van der Waals surface area contributed by atoms with Gasteiger partial charge in [0.15, 0.2) is 5.76 Å². The Morgan fingerprint density at radius 3 is 2.54 bits per heavy atom. The zero-order valence-electron chi connectivity index (χ0n) is 12.7. The Bertz CT molecular complexity index is 1020. The van der Waals surface area contributed by atoms with Crippen molar-refractivity contribution < 1.29 is 12.8 Å². The zero-order chi connectivity index (χ0) is 17.3. The minimum Gasteiger partial charge on any atom is -0.455 e. The number of hydrogen-bond acceptors (Lipinski definition) is 5. The van der Waals surface area contributed by atoms with Gasteiger partial charge in [-0.15, -0.1) is 0 Å². The molecule has 124 valence electrons. The number of rotatable bonds is 4. The van der Waals surface area contributed by atoms with E-state index in [2.05, 4.69) is 26.5 Å². The average Bonchev–Trinajstić information content (AvgIpc) is 2.95. The molecule has 3 rings (SSSR count). The molecule has 0 bridgehead atoms. The molecule has 0 fully saturated rings. The van der Waals surface area contributed by atoms with Gasteiger partial charge in [-0.3, -0.25) is 5.43 Å². The predicted octanol–water partition coefficient (Wildman–Crippen LogP) is 3.68. The summed E-state index contributed by atoms with van der Waals surface area (Å²) in [5, 5.41) is 10.3. The van der Waals surface area contributed by atoms with E-state index < -0.39 is 10.0 Å². The van der Waals surface area contributed by atoms with Crippen LogP contribution in [0, 0.1) is 0 Å². The monoisotopic (exact) mass is 407 g/mol. The normalized spacial score (nSPS) is 12.5. The van der Waals surface area contributed by atoms with Crippen LogP contribution in [0.25, 0.3) is 11.0 Å². The highest BCUT2D eigenvalue weighted by Crippen LogP contribution is 2.24. The summed E-state index contributed by atoms with van der Waals surface area (Å²) in [4.78, 5) is 0.0524. The van der Waals surface area contributed by atoms with Crippen molar-refractivity contribution in [3.05, 3.63) is 58.8 Å². The Morgan fingerprint density at radius 1 is 1.17 bits per heavy atom. The number of nitrogens with one attached hydrogen (secondary N) is 1. The van der Waals surface area contributed by atoms with Gasteiger partial charge in [-0.2, -0.15) is 5.10 Å². The molecule has 0 saturated carbocycles. The molecular weight excluding hydrogens is 394 g/mol. The maximum atomic E-state index is 11.2. The van der Waals surface area contributed by atoms with Crippen molar-refractivity contribution in [3.8, 4) is 0 Å². The van der Waals surface area contributed by atoms with Gasteiger partial charge in [-0.25, -0.2) is 13.6 Å². The van der Waals surface area contributed by atoms with Crippen molar-refractivity contribution in [2.24, 2.45) is 10.2 Å². The summed E-state index contributed by atoms with van der Waals surface area (Å²) >= 11 is 3.42. The molecule has 0 unspecified atom stereocenters. The fraction of sp³-hybridized carbons (Fsp3) is 0.0625. The molecule has 2 aromatic carbocycles. The Morgan fingerprint density at radius 2 is 1.88 bits per heavy atom. The number of nitrogens with two attached hydrogens (primary N) is 1. The molecule has 0 aliphatic carbocycles. The number of sulfonamides is 1. The SMILES string of the molecule is C/C(=N\Nc1ccc(S(N)(=O)=O)cc1)c1cc2cc(Br)ccc2o1. The number of furan rings is 1. The van der Waals surface area contributed by atoms with Crippen LogP contribution < -0.4 is 10.6 Å². The molecule has 0 spiro atoms. The lowest BCUT2D eigenvalue weighted by atomic mass is 10.2. The summed E-state index contributed by atoms with van der Waals surface area (Å²) in [5.41, 5.74) is 4.94. The van der Waals surface area contributed by atoms with E-state index in [0.717, 1.165) is 15.4 Å². The second-order valence-electron chi connectivity index (χ2n) is 5.17. The number of halogens is 1. The molecule has 0 amide bonds. The minimum atomic E-state index is -3.69. The molecule has 8 heteroatoms. The van der Waals surface area contributed by atoms with E-state index in [1.54, 1.807) is 12.1 Å². The van der Waals surface area contributed by atoms with E-state index in [1.807, 2.05) is 31.2 Å². The second kappa shape index (κ2) is 6.39. The molecular formula is C16H14BrN3O3S. The number of anilines is 1. The van der Waals surface area contributed by atoms with Crippen molar-refractivity contribution in [3.63, 3.8) is 0 Å². The maximum Gasteiger partial charge on any atom is 0.238 e. The van der Waals surface area contributed by atoms with Crippen molar-refractivity contribution in [1.82, 2.24) is 0 Å². The van der Waals surface area contributed by atoms with E-state index in [9.17, 15) is 8.42 Å². The fourth-order valence-corrected chi connectivity index (χ4v) is 3.01. The summed E-state index contributed by atoms with van der Waals surface area (Å²) in [5.74, 6) is 0.650. The molecule has 0 saturated heterocycles. The Hall–Kier alpha value is -2.16. The Balaban J connectivity index is 1.80. The topological polar surface area (TPSA) is 97.7 Å². The lowest BCUT2D eigenvalue weighted by Gasteiger charge is -2.03. The molecule has 3 N–H and O–H groups in total. The van der Waals surface area contributed by atoms with Gasteiger partial charge in [-0.1, -0.05) is 15.9 Å². The van der Waals surface area contributed by atoms with Crippen LogP contribution in [-0.4, -0.2) is 14.1 Å². The smallest absolute Gasteiger partial charge is 0.238 e. The third-order valence-electron chi connectivity index (χ3n) is 3.37. The molecule has 0 aliphatic rings. The van der Waals surface area contributed by atoms with Gasteiger partial charge < -0.3 is 4.42 Å². The second-order valence-corrected chi connectivity index (χ2v) is 7.65. The van der Waals surface area contributed by atoms with Crippen LogP contribution in [0.2, 0.25) is 0 Å². The van der Waals surface area contributed by atoms with Crippen molar-refractivity contribution in [2.45, 2.75) is 11.8 Å². The highest BCUT2D eigenvalue weighted by molar-refractivity contribution is 9.10. The number of fused-ring (bicyclic) bond motifs is 1. The van der Waals surface area contributed by atoms with Gasteiger partial charge in [-0.05, 0) is 55.5 Å². The quantitative estimate of drug-likeness (QED) is 0.508. The first-order chi connectivity index (χ1) is 11.3. The van der Waals surface area contributed by atoms with Crippen LogP contribution in [0.3, 0.4) is 0 Å². The van der Waals surface area contributed by atoms with Crippen molar-refractivity contribution in [2.75, 3.05) is 5.43 Å². The van der Waals surface area contributed by atoms with Gasteiger partial charge in [0.05, 0.1) is 10.6 Å². The molecule has 1 aromatic heterocycles. The average molecular weight is 408 g/mol. The fourth-order valence-electron chi connectivity index (χ4n) is 2.12. The van der Waals surface area contributed by atoms with Crippen LogP contribution in [-0.2, 0) is 10.0 Å². The highest BCUT2D eigenvalue weighted by atomic mass is 79.9. The van der Waals surface area contributed by atoms with Gasteiger partial charge >= 0.3 is 0 Å². The number of primary sulfonamides is 1. The highest BCUT2D eigenvalue weighted by Gasteiger charge is 2.08. The molecule has 6 nitrogen and oxygen atoms in total. The largest absolute Gasteiger partial charge is 0.455 e. The maximum absolute atomic E-state index is 11.2. The minimum absolute atomic E-state index is 0.0524. The van der Waals surface area contributed by atoms with Crippen LogP contribution in [0.5, 0.6) is 0 Å². The predicted molar refractivity (Wildman–Crippen MR) is 97.6 cm³/mol. The zero-order valence-corrected chi connectivity index (χ0v) is 15.1. The number of nitrogens with zero attached hydrogens (tertiary/aromatic N) is 1. The Labute approximate surface area is 147 Å². The van der Waals surface area contributed by atoms with Gasteiger partial charge in [0, 0.05) is 9.86 Å². The van der Waals surface area contributed by atoms with Crippen LogP contribution in [0.1, 0.15) is 12.7 Å². The van der Waals surface area contributed by atoms with Crippen LogP contribution in [0.15, 0.2) is 67.4 Å². The Kier molecular flexibility index (Phi) is 4.44. The van der Waals surface area contributed by atoms with Crippen molar-refractivity contribution >= 4 is 48.3 Å². The van der Waals surface area contributed by atoms with E-state index in [1.165, 1.54) is 12.1 Å². The lowest BCUT2D eigenvalue weighted by Crippen LogP contribution is -2.11. The first-order valence-electron chi connectivity index (χ1n) is 6.95. The molecule has 0 aliphatic heterocycles. The molecule has 24 heavy (non-hydrogen) atoms. The molecule has 1 heterocycles. The van der Waals surface area contributed by atoms with Crippen LogP contribution >= 0.6 is 15.9 Å². The number of hydrogen-bond donors (Lipinski definition) is 2. The lowest BCUT2D eigenvalue weighted by molar-refractivity contribution is 0.598. The summed E-state index contributed by atoms with van der Waals surface area (Å²) in [6.45, 7) is 1.82. The summed E-state index contributed by atoms with van der Waals surface area (Å²) < 4.78 is 29.2. The number of hydrazone groups is 1. The van der Waals surface area contributed by atoms with E-state index >= 15 is 0 Å². The van der Waals surface area contributed by atoms with Gasteiger partial charge in [0.25, 0.3) is 0 Å². The first-order valence-corrected chi connectivity index (χ1v) is 9.29. The third-order valence-corrected chi connectivity index (χ3v) is 4.79. The van der Waals surface area contributed by atoms with Gasteiger partial charge in [0.1, 0.15) is 11.3 Å². The van der Waals surface area contributed by atoms with E-state index in [0.29, 0.717) is 17.2 Å². The van der Waals surface area contributed by atoms with Crippen molar-refractivity contribution in [1.29, 1.82) is 0 Å².